The molecule has 1 atom stereocenters. The number of para-hydroxylation sites is 1. The quantitative estimate of drug-likeness (QED) is 0.559. The Kier molecular flexibility index (Phi) is 6.15. The molecule has 1 amide bonds. The summed E-state index contributed by atoms with van der Waals surface area (Å²) in [6, 6.07) is 24.0. The van der Waals surface area contributed by atoms with E-state index < -0.39 is 6.10 Å². The molecule has 3 aromatic carbocycles. The molecule has 0 heterocycles. The molecule has 3 heteroatoms. The van der Waals surface area contributed by atoms with Crippen LogP contribution in [0.15, 0.2) is 72.8 Å². The van der Waals surface area contributed by atoms with Crippen LogP contribution in [0.4, 0.5) is 5.69 Å². The molecule has 0 aromatic heterocycles. The monoisotopic (exact) mass is 373 g/mol. The molecule has 144 valence electrons. The molecule has 0 radical (unpaired) electrons. The minimum Gasteiger partial charge on any atom is -0.481 e. The molecule has 3 rings (SSSR count). The highest BCUT2D eigenvalue weighted by molar-refractivity contribution is 5.98. The molecule has 0 bridgehead atoms. The number of amides is 1. The summed E-state index contributed by atoms with van der Waals surface area (Å²) in [5.41, 5.74) is 5.05. The fourth-order valence-corrected chi connectivity index (χ4v) is 3.16. The van der Waals surface area contributed by atoms with Crippen LogP contribution in [0.25, 0.3) is 11.1 Å². The number of anilines is 1. The molecule has 0 aliphatic carbocycles. The second-order valence-corrected chi connectivity index (χ2v) is 7.36. The van der Waals surface area contributed by atoms with Gasteiger partial charge in [0.25, 0.3) is 5.91 Å². The van der Waals surface area contributed by atoms with Gasteiger partial charge in [-0.15, -0.1) is 0 Å². The van der Waals surface area contributed by atoms with Crippen LogP contribution in [0.5, 0.6) is 5.75 Å². The summed E-state index contributed by atoms with van der Waals surface area (Å²) < 4.78 is 6.06. The number of carbonyl (C=O) groups is 1. The number of hydrogen-bond acceptors (Lipinski definition) is 2. The Bertz CT molecular complexity index is 948. The Hall–Kier alpha value is -3.07. The SMILES string of the molecule is Cc1ccc(C(C)C)c(O[C@H](C)C(=O)Nc2ccccc2-c2ccccc2)c1. The third-order valence-electron chi connectivity index (χ3n) is 4.73. The Morgan fingerprint density at radius 2 is 1.57 bits per heavy atom. The van der Waals surface area contributed by atoms with Crippen LogP contribution in [0.3, 0.4) is 0 Å². The fraction of sp³-hybridized carbons (Fsp3) is 0.240. The Labute approximate surface area is 167 Å². The summed E-state index contributed by atoms with van der Waals surface area (Å²) in [6.45, 7) is 8.06. The maximum Gasteiger partial charge on any atom is 0.265 e. The van der Waals surface area contributed by atoms with E-state index in [0.717, 1.165) is 33.7 Å². The van der Waals surface area contributed by atoms with Gasteiger partial charge in [0.1, 0.15) is 5.75 Å². The van der Waals surface area contributed by atoms with Gasteiger partial charge in [-0.05, 0) is 48.6 Å². The third kappa shape index (κ3) is 4.61. The molecular formula is C25H27NO2. The number of rotatable bonds is 6. The number of hydrogen-bond donors (Lipinski definition) is 1. The van der Waals surface area contributed by atoms with E-state index in [9.17, 15) is 4.79 Å². The average molecular weight is 373 g/mol. The lowest BCUT2D eigenvalue weighted by Crippen LogP contribution is -2.30. The Balaban J connectivity index is 1.79. The van der Waals surface area contributed by atoms with E-state index in [1.54, 1.807) is 6.92 Å². The molecule has 0 unspecified atom stereocenters. The number of carbonyl (C=O) groups excluding carboxylic acids is 1. The lowest BCUT2D eigenvalue weighted by Gasteiger charge is -2.20. The van der Waals surface area contributed by atoms with E-state index in [0.29, 0.717) is 5.92 Å². The van der Waals surface area contributed by atoms with Crippen LogP contribution < -0.4 is 10.1 Å². The van der Waals surface area contributed by atoms with Gasteiger partial charge in [0, 0.05) is 11.3 Å². The van der Waals surface area contributed by atoms with E-state index in [4.69, 9.17) is 4.74 Å². The van der Waals surface area contributed by atoms with E-state index in [2.05, 4.69) is 31.3 Å². The van der Waals surface area contributed by atoms with E-state index in [1.165, 1.54) is 0 Å². The van der Waals surface area contributed by atoms with Crippen molar-refractivity contribution in [3.8, 4) is 16.9 Å². The summed E-state index contributed by atoms with van der Waals surface area (Å²) in [6.07, 6.45) is -0.608. The molecule has 3 aromatic rings. The first kappa shape index (κ1) is 19.7. The maximum absolute atomic E-state index is 12.8. The van der Waals surface area contributed by atoms with Crippen LogP contribution in [0.2, 0.25) is 0 Å². The lowest BCUT2D eigenvalue weighted by molar-refractivity contribution is -0.122. The first-order valence-corrected chi connectivity index (χ1v) is 9.68. The highest BCUT2D eigenvalue weighted by Crippen LogP contribution is 2.30. The van der Waals surface area contributed by atoms with Gasteiger partial charge in [0.2, 0.25) is 0 Å². The summed E-state index contributed by atoms with van der Waals surface area (Å²) in [5, 5.41) is 3.03. The van der Waals surface area contributed by atoms with Crippen LogP contribution >= 0.6 is 0 Å². The minimum atomic E-state index is -0.608. The van der Waals surface area contributed by atoms with Gasteiger partial charge in [0.15, 0.2) is 6.10 Å². The van der Waals surface area contributed by atoms with Crippen molar-refractivity contribution < 1.29 is 9.53 Å². The molecular weight excluding hydrogens is 346 g/mol. The first-order valence-electron chi connectivity index (χ1n) is 9.68. The van der Waals surface area contributed by atoms with Crippen molar-refractivity contribution in [2.75, 3.05) is 5.32 Å². The molecule has 0 aliphatic rings. The molecule has 0 aliphatic heterocycles. The minimum absolute atomic E-state index is 0.167. The number of ether oxygens (including phenoxy) is 1. The standard InChI is InChI=1S/C25H27NO2/c1-17(2)21-15-14-18(3)16-24(21)28-19(4)25(27)26-23-13-9-8-12-22(23)20-10-6-5-7-11-20/h5-17,19H,1-4H3,(H,26,27)/t19-/m1/s1. The van der Waals surface area contributed by atoms with Gasteiger partial charge in [-0.1, -0.05) is 74.5 Å². The number of nitrogens with one attached hydrogen (secondary N) is 1. The average Bonchev–Trinajstić information content (AvgIpc) is 2.69. The highest BCUT2D eigenvalue weighted by atomic mass is 16.5. The molecule has 0 saturated heterocycles. The Morgan fingerprint density at radius 1 is 0.893 bits per heavy atom. The number of benzene rings is 3. The van der Waals surface area contributed by atoms with Crippen molar-refractivity contribution in [1.82, 2.24) is 0 Å². The molecule has 0 saturated carbocycles. The lowest BCUT2D eigenvalue weighted by atomic mass is 10.0. The highest BCUT2D eigenvalue weighted by Gasteiger charge is 2.19. The second-order valence-electron chi connectivity index (χ2n) is 7.36. The van der Waals surface area contributed by atoms with Gasteiger partial charge < -0.3 is 10.1 Å². The van der Waals surface area contributed by atoms with Crippen LogP contribution in [-0.4, -0.2) is 12.0 Å². The topological polar surface area (TPSA) is 38.3 Å². The largest absolute Gasteiger partial charge is 0.481 e. The van der Waals surface area contributed by atoms with Crippen molar-refractivity contribution in [2.24, 2.45) is 0 Å². The van der Waals surface area contributed by atoms with E-state index >= 15 is 0 Å². The fourth-order valence-electron chi connectivity index (χ4n) is 3.16. The molecule has 0 spiro atoms. The predicted octanol–water partition coefficient (Wildman–Crippen LogP) is 6.19. The van der Waals surface area contributed by atoms with Crippen molar-refractivity contribution in [3.63, 3.8) is 0 Å². The molecule has 28 heavy (non-hydrogen) atoms. The normalized spacial score (nSPS) is 11.9. The summed E-state index contributed by atoms with van der Waals surface area (Å²) >= 11 is 0. The van der Waals surface area contributed by atoms with Gasteiger partial charge >= 0.3 is 0 Å². The molecule has 0 fully saturated rings. The smallest absolute Gasteiger partial charge is 0.265 e. The van der Waals surface area contributed by atoms with Gasteiger partial charge in [0.05, 0.1) is 0 Å². The van der Waals surface area contributed by atoms with Crippen molar-refractivity contribution in [1.29, 1.82) is 0 Å². The van der Waals surface area contributed by atoms with Gasteiger partial charge in [-0.25, -0.2) is 0 Å². The summed E-state index contributed by atoms with van der Waals surface area (Å²) in [7, 11) is 0. The zero-order chi connectivity index (χ0) is 20.1. The van der Waals surface area contributed by atoms with Crippen LogP contribution in [0, 0.1) is 6.92 Å². The van der Waals surface area contributed by atoms with Gasteiger partial charge in [-0.2, -0.15) is 0 Å². The van der Waals surface area contributed by atoms with Crippen molar-refractivity contribution in [3.05, 3.63) is 83.9 Å². The third-order valence-corrected chi connectivity index (χ3v) is 4.73. The molecule has 1 N–H and O–H groups in total. The summed E-state index contributed by atoms with van der Waals surface area (Å²) in [5.74, 6) is 0.929. The van der Waals surface area contributed by atoms with E-state index in [1.807, 2.05) is 67.6 Å². The van der Waals surface area contributed by atoms with E-state index in [-0.39, 0.29) is 5.91 Å². The van der Waals surface area contributed by atoms with Crippen molar-refractivity contribution in [2.45, 2.75) is 39.7 Å². The summed E-state index contributed by atoms with van der Waals surface area (Å²) in [4.78, 5) is 12.8. The first-order chi connectivity index (χ1) is 13.5. The maximum atomic E-state index is 12.8. The zero-order valence-corrected chi connectivity index (χ0v) is 16.9. The second kappa shape index (κ2) is 8.75. The zero-order valence-electron chi connectivity index (χ0n) is 16.9. The Morgan fingerprint density at radius 3 is 2.29 bits per heavy atom. The molecule has 3 nitrogen and oxygen atoms in total. The van der Waals surface area contributed by atoms with Crippen molar-refractivity contribution >= 4 is 11.6 Å². The van der Waals surface area contributed by atoms with Crippen LogP contribution in [-0.2, 0) is 4.79 Å². The van der Waals surface area contributed by atoms with Crippen LogP contribution in [0.1, 0.15) is 37.8 Å². The van der Waals surface area contributed by atoms with Gasteiger partial charge in [-0.3, -0.25) is 4.79 Å². The number of aryl methyl sites for hydroxylation is 1. The predicted molar refractivity (Wildman–Crippen MR) is 116 cm³/mol.